The average molecular weight is 389 g/mol. The number of nitrogens with two attached hydrogens (primary N) is 1. The predicted molar refractivity (Wildman–Crippen MR) is 86.3 cm³/mol. The molecule has 3 N–H and O–H groups in total. The van der Waals surface area contributed by atoms with Crippen molar-refractivity contribution in [2.24, 2.45) is 16.6 Å². The first kappa shape index (κ1) is 18.9. The Balaban J connectivity index is 0.00000324. The first-order chi connectivity index (χ1) is 8.18. The van der Waals surface area contributed by atoms with E-state index >= 15 is 0 Å². The molecule has 114 valence electrons. The van der Waals surface area contributed by atoms with E-state index < -0.39 is 5.92 Å². The van der Waals surface area contributed by atoms with Gasteiger partial charge in [-0.15, -0.1) is 24.0 Å². The number of guanidine groups is 1. The Morgan fingerprint density at radius 1 is 1.37 bits per heavy atom. The Bertz CT molecular complexity index is 301. The Morgan fingerprint density at radius 2 is 2.00 bits per heavy atom. The molecular formula is C13H26F2IN3. The Kier molecular flexibility index (Phi) is 7.54. The van der Waals surface area contributed by atoms with Crippen LogP contribution in [-0.4, -0.2) is 24.0 Å². The second kappa shape index (κ2) is 7.59. The minimum atomic E-state index is -2.52. The van der Waals surface area contributed by atoms with Crippen LogP contribution in [0.4, 0.5) is 8.78 Å². The van der Waals surface area contributed by atoms with Crippen LogP contribution in [0.5, 0.6) is 0 Å². The third-order valence-corrected chi connectivity index (χ3v) is 3.02. The molecule has 1 aliphatic rings. The monoisotopic (exact) mass is 389 g/mol. The molecule has 0 aliphatic heterocycles. The Morgan fingerprint density at radius 3 is 2.58 bits per heavy atom. The van der Waals surface area contributed by atoms with Crippen LogP contribution >= 0.6 is 24.0 Å². The maximum Gasteiger partial charge on any atom is 0.248 e. The lowest BCUT2D eigenvalue weighted by Crippen LogP contribution is -2.45. The van der Waals surface area contributed by atoms with Crippen molar-refractivity contribution < 1.29 is 8.78 Å². The van der Waals surface area contributed by atoms with E-state index in [1.54, 1.807) is 0 Å². The van der Waals surface area contributed by atoms with Crippen LogP contribution in [0.2, 0.25) is 0 Å². The third-order valence-electron chi connectivity index (χ3n) is 3.02. The molecule has 0 amide bonds. The number of nitrogens with one attached hydrogen (secondary N) is 1. The second-order valence-corrected chi connectivity index (χ2v) is 6.27. The molecule has 0 radical (unpaired) electrons. The molecule has 1 atom stereocenters. The van der Waals surface area contributed by atoms with Crippen LogP contribution < -0.4 is 11.1 Å². The van der Waals surface area contributed by atoms with Gasteiger partial charge in [0.2, 0.25) is 5.92 Å². The van der Waals surface area contributed by atoms with E-state index in [9.17, 15) is 8.78 Å². The third kappa shape index (κ3) is 8.60. The zero-order chi connectivity index (χ0) is 13.8. The van der Waals surface area contributed by atoms with E-state index in [1.807, 2.05) is 20.8 Å². The van der Waals surface area contributed by atoms with Gasteiger partial charge in [-0.25, -0.2) is 8.78 Å². The SMILES string of the molecule is CC(C)(C)NC(N)=NCC1CCCCC(F)(F)C1.I. The summed E-state index contributed by atoms with van der Waals surface area (Å²) >= 11 is 0. The van der Waals surface area contributed by atoms with E-state index in [4.69, 9.17) is 5.73 Å². The lowest BCUT2D eigenvalue weighted by molar-refractivity contribution is -0.0241. The van der Waals surface area contributed by atoms with E-state index in [2.05, 4.69) is 10.3 Å². The number of halogens is 3. The fourth-order valence-corrected chi connectivity index (χ4v) is 2.25. The highest BCUT2D eigenvalue weighted by molar-refractivity contribution is 14.0. The summed E-state index contributed by atoms with van der Waals surface area (Å²) in [5, 5.41) is 3.04. The summed E-state index contributed by atoms with van der Waals surface area (Å²) in [5.41, 5.74) is 5.58. The van der Waals surface area contributed by atoms with E-state index in [1.165, 1.54) is 0 Å². The number of nitrogens with zero attached hydrogens (tertiary/aromatic N) is 1. The second-order valence-electron chi connectivity index (χ2n) is 6.27. The number of rotatable bonds is 2. The lowest BCUT2D eigenvalue weighted by atomic mass is 9.99. The average Bonchev–Trinajstić information content (AvgIpc) is 2.33. The fourth-order valence-electron chi connectivity index (χ4n) is 2.25. The first-order valence-electron chi connectivity index (χ1n) is 6.64. The number of alkyl halides is 2. The minimum absolute atomic E-state index is 0. The fraction of sp³-hybridized carbons (Fsp3) is 0.923. The summed E-state index contributed by atoms with van der Waals surface area (Å²) in [6.45, 7) is 6.34. The quantitative estimate of drug-likeness (QED) is 0.329. The van der Waals surface area contributed by atoms with Gasteiger partial charge in [-0.1, -0.05) is 6.42 Å². The molecule has 0 bridgehead atoms. The van der Waals surface area contributed by atoms with Crippen LogP contribution in [-0.2, 0) is 0 Å². The molecular weight excluding hydrogens is 363 g/mol. The summed E-state index contributed by atoms with van der Waals surface area (Å²) in [5.74, 6) is -2.24. The number of hydrogen-bond acceptors (Lipinski definition) is 1. The summed E-state index contributed by atoms with van der Waals surface area (Å²) in [6, 6.07) is 0. The molecule has 1 aliphatic carbocycles. The largest absolute Gasteiger partial charge is 0.370 e. The zero-order valence-electron chi connectivity index (χ0n) is 12.0. The summed E-state index contributed by atoms with van der Waals surface area (Å²) in [7, 11) is 0. The highest BCUT2D eigenvalue weighted by Crippen LogP contribution is 2.35. The van der Waals surface area contributed by atoms with Crippen molar-refractivity contribution in [3.63, 3.8) is 0 Å². The predicted octanol–water partition coefficient (Wildman–Crippen LogP) is 3.52. The smallest absolute Gasteiger partial charge is 0.248 e. The van der Waals surface area contributed by atoms with Crippen LogP contribution in [0.25, 0.3) is 0 Å². The summed E-state index contributed by atoms with van der Waals surface area (Å²) < 4.78 is 26.8. The van der Waals surface area contributed by atoms with E-state index in [0.717, 1.165) is 12.8 Å². The van der Waals surface area contributed by atoms with Gasteiger partial charge < -0.3 is 11.1 Å². The normalized spacial score (nSPS) is 24.3. The van der Waals surface area contributed by atoms with Gasteiger partial charge in [-0.2, -0.15) is 0 Å². The molecule has 1 fully saturated rings. The van der Waals surface area contributed by atoms with Gasteiger partial charge >= 0.3 is 0 Å². The molecule has 0 heterocycles. The number of hydrogen-bond donors (Lipinski definition) is 2. The Hall–Kier alpha value is -0.140. The minimum Gasteiger partial charge on any atom is -0.370 e. The molecule has 0 spiro atoms. The molecule has 3 nitrogen and oxygen atoms in total. The number of aliphatic imine (C=N–C) groups is 1. The van der Waals surface area contributed by atoms with E-state index in [-0.39, 0.29) is 48.3 Å². The van der Waals surface area contributed by atoms with Gasteiger partial charge in [-0.3, -0.25) is 4.99 Å². The molecule has 0 saturated heterocycles. The molecule has 0 aromatic heterocycles. The molecule has 19 heavy (non-hydrogen) atoms. The molecule has 0 aromatic rings. The van der Waals surface area contributed by atoms with Crippen LogP contribution in [0, 0.1) is 5.92 Å². The van der Waals surface area contributed by atoms with Crippen molar-refractivity contribution in [1.29, 1.82) is 0 Å². The van der Waals surface area contributed by atoms with Crippen molar-refractivity contribution in [2.75, 3.05) is 6.54 Å². The van der Waals surface area contributed by atoms with Crippen molar-refractivity contribution in [3.05, 3.63) is 0 Å². The van der Waals surface area contributed by atoms with Gasteiger partial charge in [0.05, 0.1) is 0 Å². The summed E-state index contributed by atoms with van der Waals surface area (Å²) in [4.78, 5) is 4.19. The van der Waals surface area contributed by atoms with Crippen LogP contribution in [0.3, 0.4) is 0 Å². The van der Waals surface area contributed by atoms with E-state index in [0.29, 0.717) is 18.9 Å². The van der Waals surface area contributed by atoms with Crippen molar-refractivity contribution >= 4 is 29.9 Å². The molecule has 1 saturated carbocycles. The van der Waals surface area contributed by atoms with Gasteiger partial charge in [0.25, 0.3) is 0 Å². The highest BCUT2D eigenvalue weighted by Gasteiger charge is 2.34. The standard InChI is InChI=1S/C13H25F2N3.HI/c1-12(2,3)18-11(16)17-9-10-6-4-5-7-13(14,15)8-10;/h10H,4-9H2,1-3H3,(H3,16,17,18);1H. The molecule has 0 aromatic carbocycles. The van der Waals surface area contributed by atoms with Crippen LogP contribution in [0.1, 0.15) is 52.9 Å². The van der Waals surface area contributed by atoms with Gasteiger partial charge in [-0.05, 0) is 39.5 Å². The molecule has 1 rings (SSSR count). The lowest BCUT2D eigenvalue weighted by Gasteiger charge is -2.22. The van der Waals surface area contributed by atoms with Crippen molar-refractivity contribution in [2.45, 2.75) is 64.3 Å². The van der Waals surface area contributed by atoms with Crippen LogP contribution in [0.15, 0.2) is 4.99 Å². The topological polar surface area (TPSA) is 50.4 Å². The maximum atomic E-state index is 13.4. The summed E-state index contributed by atoms with van der Waals surface area (Å²) in [6.07, 6.45) is 2.26. The maximum absolute atomic E-state index is 13.4. The van der Waals surface area contributed by atoms with Crippen molar-refractivity contribution in [1.82, 2.24) is 5.32 Å². The Labute approximate surface area is 131 Å². The highest BCUT2D eigenvalue weighted by atomic mass is 127. The molecule has 6 heteroatoms. The molecule has 1 unspecified atom stereocenters. The zero-order valence-corrected chi connectivity index (χ0v) is 14.3. The first-order valence-corrected chi connectivity index (χ1v) is 6.64. The van der Waals surface area contributed by atoms with Gasteiger partial charge in [0, 0.05) is 24.9 Å². The van der Waals surface area contributed by atoms with Gasteiger partial charge in [0.1, 0.15) is 0 Å². The van der Waals surface area contributed by atoms with Crippen molar-refractivity contribution in [3.8, 4) is 0 Å². The van der Waals surface area contributed by atoms with Gasteiger partial charge in [0.15, 0.2) is 5.96 Å².